The van der Waals surface area contributed by atoms with Crippen LogP contribution in [0.2, 0.25) is 23.2 Å². The molecule has 1 saturated heterocycles. The zero-order valence-electron chi connectivity index (χ0n) is 60.2. The van der Waals surface area contributed by atoms with Gasteiger partial charge in [0, 0.05) is 110 Å². The third-order valence-electron chi connectivity index (χ3n) is 19.9. The van der Waals surface area contributed by atoms with Crippen LogP contribution in [0.3, 0.4) is 0 Å². The van der Waals surface area contributed by atoms with Crippen molar-refractivity contribution in [3.63, 3.8) is 0 Å². The molecule has 91 heavy (non-hydrogen) atoms. The fourth-order valence-corrected chi connectivity index (χ4v) is 19.3. The molecule has 1 unspecified atom stereocenters. The number of hydrogen-bond donors (Lipinski definition) is 1. The number of methoxy groups -OCH3 is 6. The van der Waals surface area contributed by atoms with E-state index in [-0.39, 0.29) is 106 Å². The van der Waals surface area contributed by atoms with Gasteiger partial charge in [-0.1, -0.05) is 191 Å². The van der Waals surface area contributed by atoms with Crippen LogP contribution >= 0.6 is 0 Å². The van der Waals surface area contributed by atoms with E-state index in [4.69, 9.17) is 56.6 Å². The normalized spacial score (nSPS) is 23.0. The van der Waals surface area contributed by atoms with Gasteiger partial charge in [0.1, 0.15) is 6.10 Å². The highest BCUT2D eigenvalue weighted by atomic mass is 28.4. The molecule has 0 saturated carbocycles. The first-order valence-electron chi connectivity index (χ1n) is 33.5. The first-order chi connectivity index (χ1) is 42.7. The summed E-state index contributed by atoms with van der Waals surface area (Å²) in [7, 11) is 5.42. The highest BCUT2D eigenvalue weighted by Crippen LogP contribution is 2.43. The Hall–Kier alpha value is -3.89. The number of aliphatic carboxylic acids is 1. The molecule has 2 aliphatic heterocycles. The van der Waals surface area contributed by atoms with E-state index in [1.165, 1.54) is 16.4 Å². The van der Waals surface area contributed by atoms with E-state index in [1.807, 2.05) is 27.9 Å². The van der Waals surface area contributed by atoms with Crippen LogP contribution < -0.4 is 10.4 Å². The second-order valence-electron chi connectivity index (χ2n) is 29.2. The molecule has 2 aliphatic rings. The van der Waals surface area contributed by atoms with Crippen LogP contribution in [0.1, 0.15) is 155 Å². The van der Waals surface area contributed by atoms with Crippen molar-refractivity contribution in [3.8, 4) is 0 Å². The van der Waals surface area contributed by atoms with Crippen molar-refractivity contribution in [1.82, 2.24) is 0 Å². The van der Waals surface area contributed by atoms with Gasteiger partial charge in [-0.3, -0.25) is 0 Å². The van der Waals surface area contributed by atoms with E-state index < -0.39 is 34.5 Å². The minimum atomic E-state index is -2.74. The van der Waals surface area contributed by atoms with E-state index in [9.17, 15) is 9.59 Å². The number of carbonyl (C=O) groups excluding carboxylic acids is 1. The Morgan fingerprint density at radius 3 is 1.77 bits per heavy atom. The van der Waals surface area contributed by atoms with Crippen molar-refractivity contribution >= 4 is 38.9 Å². The van der Waals surface area contributed by atoms with Gasteiger partial charge in [0.25, 0.3) is 8.32 Å². The average molecular weight is 1300 g/mol. The molecule has 4 rings (SSSR count). The molecule has 2 aromatic carbocycles. The third kappa shape index (κ3) is 23.5. The van der Waals surface area contributed by atoms with Crippen LogP contribution in [0.25, 0.3) is 0 Å². The summed E-state index contributed by atoms with van der Waals surface area (Å²) in [5, 5.41) is 11.4. The minimum Gasteiger partial charge on any atom is -0.478 e. The highest BCUT2D eigenvalue weighted by Gasteiger charge is 2.51. The molecule has 1 N–H and O–H groups in total. The maximum atomic E-state index is 12.9. The van der Waals surface area contributed by atoms with Gasteiger partial charge in [-0.2, -0.15) is 0 Å². The largest absolute Gasteiger partial charge is 0.478 e. The van der Waals surface area contributed by atoms with Crippen LogP contribution in [-0.4, -0.2) is 150 Å². The van der Waals surface area contributed by atoms with Crippen LogP contribution in [0, 0.1) is 35.5 Å². The Kier molecular flexibility index (Phi) is 32.2. The standard InChI is InChI=1S/C75H122O14Si2/c1-51(31-30-36-69(76)77)45-61(81-18)46-58-47-68(86-70(78)48-58)56(6)67(84-21)50-60(80-17)40-37-52(2)66(83-20)49-59(79-16)41-38-53(3)71-57(7)72(88-75(14,15)87-71)54(4)39-42-65(89-90(22,23)73(8,9)10)55(5)64(82-19)43-44-85-91(74(11,12)13,62-32-26-24-27-33-62)63-34-28-25-29-35-63/h24-38,40-41,48,52-57,59-61,64-68,71-72H,39,42-47,49-50H2,1-23H3,(H,76,77)/b36-30+,40-37?,41-38?,51-31+/t52-,53-,54-,55+,56+,57+,59-,60+,61+,64+,65?,66-,67-,68+,71-,72-/m0/s1. The number of cyclic esters (lactones) is 1. The third-order valence-corrected chi connectivity index (χ3v) is 29.5. The summed E-state index contributed by atoms with van der Waals surface area (Å²) in [5.41, 5.74) is 1.91. The molecule has 0 radical (unpaired) electrons. The van der Waals surface area contributed by atoms with Gasteiger partial charge >= 0.3 is 11.9 Å². The van der Waals surface area contributed by atoms with E-state index in [0.717, 1.165) is 36.5 Å². The van der Waals surface area contributed by atoms with Crippen molar-refractivity contribution in [2.24, 2.45) is 35.5 Å². The van der Waals surface area contributed by atoms with Crippen LogP contribution in [-0.2, 0) is 61.1 Å². The van der Waals surface area contributed by atoms with Gasteiger partial charge < -0.3 is 56.6 Å². The lowest BCUT2D eigenvalue weighted by Crippen LogP contribution is -2.66. The first-order valence-corrected chi connectivity index (χ1v) is 38.3. The molecule has 1 fully saturated rings. The van der Waals surface area contributed by atoms with Gasteiger partial charge in [0.2, 0.25) is 0 Å². The lowest BCUT2D eigenvalue weighted by atomic mass is 9.80. The van der Waals surface area contributed by atoms with Gasteiger partial charge in [-0.05, 0) is 92.3 Å². The van der Waals surface area contributed by atoms with Crippen molar-refractivity contribution in [2.75, 3.05) is 49.3 Å². The number of esters is 1. The predicted molar refractivity (Wildman–Crippen MR) is 373 cm³/mol. The molecule has 14 nitrogen and oxygen atoms in total. The lowest BCUT2D eigenvalue weighted by Gasteiger charge is -2.49. The van der Waals surface area contributed by atoms with Crippen molar-refractivity contribution in [1.29, 1.82) is 0 Å². The predicted octanol–water partition coefficient (Wildman–Crippen LogP) is 15.1. The van der Waals surface area contributed by atoms with Crippen molar-refractivity contribution < 1.29 is 66.2 Å². The number of carboxylic acid groups (broad SMARTS) is 1. The van der Waals surface area contributed by atoms with E-state index >= 15 is 0 Å². The number of carbonyl (C=O) groups is 2. The summed E-state index contributed by atoms with van der Waals surface area (Å²) in [6.45, 7) is 38.6. The van der Waals surface area contributed by atoms with Crippen molar-refractivity contribution in [3.05, 3.63) is 120 Å². The number of carboxylic acids is 1. The van der Waals surface area contributed by atoms with Crippen LogP contribution in [0.15, 0.2) is 120 Å². The number of hydrogen-bond acceptors (Lipinski definition) is 13. The number of ether oxygens (including phenoxy) is 9. The summed E-state index contributed by atoms with van der Waals surface area (Å²) in [5.74, 6) is -1.84. The summed E-state index contributed by atoms with van der Waals surface area (Å²) < 4.78 is 71.1. The second kappa shape index (κ2) is 36.8. The molecule has 16 atom stereocenters. The zero-order valence-corrected chi connectivity index (χ0v) is 62.2. The number of allylic oxidation sites excluding steroid dienone is 2. The lowest BCUT2D eigenvalue weighted by molar-refractivity contribution is -0.332. The number of rotatable bonds is 38. The molecule has 0 bridgehead atoms. The topological polar surface area (TPSA) is 156 Å². The Labute approximate surface area is 552 Å². The van der Waals surface area contributed by atoms with Gasteiger partial charge in [0.05, 0.1) is 54.9 Å². The molecule has 0 spiro atoms. The van der Waals surface area contributed by atoms with E-state index in [1.54, 1.807) is 47.7 Å². The maximum absolute atomic E-state index is 12.9. The van der Waals surface area contributed by atoms with Crippen molar-refractivity contribution in [2.45, 2.75) is 245 Å². The van der Waals surface area contributed by atoms with Crippen LogP contribution in [0.5, 0.6) is 0 Å². The molecule has 0 amide bonds. The smallest absolute Gasteiger partial charge is 0.330 e. The van der Waals surface area contributed by atoms with Crippen LogP contribution in [0.4, 0.5) is 0 Å². The average Bonchev–Trinajstić information content (AvgIpc) is 0.779. The Balaban J connectivity index is 1.42. The molecule has 2 heterocycles. The highest BCUT2D eigenvalue weighted by molar-refractivity contribution is 6.99. The minimum absolute atomic E-state index is 0.0168. The summed E-state index contributed by atoms with van der Waals surface area (Å²) >= 11 is 0. The first kappa shape index (κ1) is 79.6. The SMILES string of the molecule is CO[C@@H](CC1=CC(=O)O[C@@H]([C@H](C)[C@H](C[C@@H](C=C[C@H](C)[C@H](C[C@H](C=C[C@H](C)[C@@H]2OC(C)(C)O[C@@H]([C@@H](C)CCC(O[Si](C)(C)C(C)(C)C)[C@H](C)[C@@H](CCO[Si](c3ccccc3)(c3ccccc3)C(C)(C)C)OC)[C@@H]2C)OC)OC)OC)OC)C1)C/C(C)=C/C=C/C(=O)O. The molecule has 2 aromatic rings. The van der Waals surface area contributed by atoms with Gasteiger partial charge in [-0.25, -0.2) is 9.59 Å². The summed E-state index contributed by atoms with van der Waals surface area (Å²) in [6, 6.07) is 21.7. The molecular formula is C75H122O14Si2. The molecular weight excluding hydrogens is 1180 g/mol. The van der Waals surface area contributed by atoms with Gasteiger partial charge in [0.15, 0.2) is 14.1 Å². The Morgan fingerprint density at radius 2 is 1.25 bits per heavy atom. The van der Waals surface area contributed by atoms with E-state index in [0.29, 0.717) is 38.7 Å². The monoisotopic (exact) mass is 1300 g/mol. The number of benzene rings is 2. The maximum Gasteiger partial charge on any atom is 0.330 e. The summed E-state index contributed by atoms with van der Waals surface area (Å²) in [4.78, 5) is 23.9. The zero-order chi connectivity index (χ0) is 68.1. The Morgan fingerprint density at radius 1 is 0.703 bits per heavy atom. The molecule has 0 aromatic heterocycles. The Bertz CT molecular complexity index is 2580. The van der Waals surface area contributed by atoms with Gasteiger partial charge in [-0.15, -0.1) is 0 Å². The second-order valence-corrected chi connectivity index (χ2v) is 38.3. The molecule has 0 aliphatic carbocycles. The summed E-state index contributed by atoms with van der Waals surface area (Å²) in [6.07, 6.45) is 18.2. The van der Waals surface area contributed by atoms with E-state index in [2.05, 4.69) is 181 Å². The quantitative estimate of drug-likeness (QED) is 0.0223. The molecule has 16 heteroatoms. The fourth-order valence-electron chi connectivity index (χ4n) is 13.3. The fraction of sp³-hybridized carbons (Fsp3) is 0.680. The molecule has 514 valence electrons.